The smallest absolute Gasteiger partial charge is 0.271 e. The first kappa shape index (κ1) is 23.9. The minimum atomic E-state index is -0.710. The maximum absolute atomic E-state index is 13.2. The molecule has 2 aromatic heterocycles. The van der Waals surface area contributed by atoms with Crippen LogP contribution < -0.4 is 16.4 Å². The maximum atomic E-state index is 13.2. The van der Waals surface area contributed by atoms with E-state index in [2.05, 4.69) is 20.7 Å². The lowest BCUT2D eigenvalue weighted by atomic mass is 10.1. The number of anilines is 2. The van der Waals surface area contributed by atoms with Crippen molar-refractivity contribution in [3.8, 4) is 16.9 Å². The van der Waals surface area contributed by atoms with Crippen LogP contribution in [-0.2, 0) is 0 Å². The van der Waals surface area contributed by atoms with Crippen molar-refractivity contribution >= 4 is 35.1 Å². The van der Waals surface area contributed by atoms with Crippen LogP contribution in [-0.4, -0.2) is 44.3 Å². The van der Waals surface area contributed by atoms with E-state index in [9.17, 15) is 14.7 Å². The number of halogens is 1. The van der Waals surface area contributed by atoms with Crippen LogP contribution in [0.15, 0.2) is 72.8 Å². The summed E-state index contributed by atoms with van der Waals surface area (Å²) in [6.45, 7) is 1.63. The molecule has 0 fully saturated rings. The second-order valence-corrected chi connectivity index (χ2v) is 8.22. The van der Waals surface area contributed by atoms with Gasteiger partial charge in [-0.05, 0) is 43.3 Å². The molecule has 2 aromatic carbocycles. The molecule has 2 amide bonds. The highest BCUT2D eigenvalue weighted by molar-refractivity contribution is 6.34. The third-order valence-corrected chi connectivity index (χ3v) is 5.35. The minimum Gasteiger partial charge on any atom is -0.392 e. The average Bonchev–Trinajstić information content (AvgIpc) is 3.27. The number of nitrogens with two attached hydrogens (primary N) is 1. The van der Waals surface area contributed by atoms with Crippen LogP contribution >= 0.6 is 11.6 Å². The summed E-state index contributed by atoms with van der Waals surface area (Å²) >= 11 is 6.34. The van der Waals surface area contributed by atoms with Crippen LogP contribution in [0.5, 0.6) is 0 Å². The largest absolute Gasteiger partial charge is 0.392 e. The van der Waals surface area contributed by atoms with Gasteiger partial charge in [-0.1, -0.05) is 41.9 Å². The van der Waals surface area contributed by atoms with Crippen molar-refractivity contribution in [1.82, 2.24) is 20.1 Å². The van der Waals surface area contributed by atoms with Crippen LogP contribution in [0.3, 0.4) is 0 Å². The van der Waals surface area contributed by atoms with Crippen molar-refractivity contribution in [1.29, 1.82) is 0 Å². The highest BCUT2D eigenvalue weighted by Crippen LogP contribution is 2.26. The number of pyridine rings is 1. The minimum absolute atomic E-state index is 0.0686. The molecule has 0 saturated carbocycles. The lowest BCUT2D eigenvalue weighted by Crippen LogP contribution is -2.30. The molecule has 4 aromatic rings. The van der Waals surface area contributed by atoms with E-state index in [-0.39, 0.29) is 28.6 Å². The summed E-state index contributed by atoms with van der Waals surface area (Å²) in [4.78, 5) is 30.1. The summed E-state index contributed by atoms with van der Waals surface area (Å²) in [5, 5.41) is 19.5. The zero-order chi connectivity index (χ0) is 24.9. The molecular weight excluding hydrogens is 468 g/mol. The number of aliphatic hydroxyl groups is 1. The maximum Gasteiger partial charge on any atom is 0.271 e. The molecule has 0 bridgehead atoms. The molecule has 2 heterocycles. The first-order chi connectivity index (χ1) is 16.8. The standard InChI is InChI=1S/C25H23ClN6O3/c1-15(33)14-28-25(35)21-13-23(32(31-21)17-6-3-2-4-7-17)30-24(34)18-12-16(10-11-19(18)26)20-8-5-9-22(27)29-20/h2-13,15,33H,14H2,1H3,(H2,27,29)(H,28,35)(H,30,34)/t15-/m1/s1. The SMILES string of the molecule is C[C@@H](O)CNC(=O)c1cc(NC(=O)c2cc(-c3cccc(N)n3)ccc2Cl)n(-c2ccccc2)n1. The number of rotatable bonds is 7. The molecule has 0 aliphatic heterocycles. The van der Waals surface area contributed by atoms with Gasteiger partial charge in [0.05, 0.1) is 28.1 Å². The number of amides is 2. The fourth-order valence-corrected chi connectivity index (χ4v) is 3.54. The summed E-state index contributed by atoms with van der Waals surface area (Å²) in [6, 6.07) is 20.7. The highest BCUT2D eigenvalue weighted by atomic mass is 35.5. The summed E-state index contributed by atoms with van der Waals surface area (Å²) in [5.74, 6) is -0.346. The Balaban J connectivity index is 1.67. The first-order valence-electron chi connectivity index (χ1n) is 10.8. The molecule has 9 nitrogen and oxygen atoms in total. The van der Waals surface area contributed by atoms with E-state index < -0.39 is 17.9 Å². The van der Waals surface area contributed by atoms with Crippen LogP contribution in [0, 0.1) is 0 Å². The summed E-state index contributed by atoms with van der Waals surface area (Å²) in [6.07, 6.45) is -0.710. The molecular formula is C25H23ClN6O3. The summed E-state index contributed by atoms with van der Waals surface area (Å²) < 4.78 is 1.45. The second-order valence-electron chi connectivity index (χ2n) is 7.82. The van der Waals surface area contributed by atoms with Crippen LogP contribution in [0.4, 0.5) is 11.6 Å². The highest BCUT2D eigenvalue weighted by Gasteiger charge is 2.20. The third-order valence-electron chi connectivity index (χ3n) is 5.02. The number of para-hydroxylation sites is 1. The topological polar surface area (TPSA) is 135 Å². The van der Waals surface area contributed by atoms with Gasteiger partial charge in [-0.3, -0.25) is 9.59 Å². The van der Waals surface area contributed by atoms with E-state index in [1.165, 1.54) is 10.7 Å². The van der Waals surface area contributed by atoms with Crippen molar-refractivity contribution in [3.05, 3.63) is 89.1 Å². The predicted molar refractivity (Wildman–Crippen MR) is 135 cm³/mol. The van der Waals surface area contributed by atoms with E-state index in [1.54, 1.807) is 55.5 Å². The normalized spacial score (nSPS) is 11.6. The van der Waals surface area contributed by atoms with E-state index in [1.807, 2.05) is 18.2 Å². The quantitative estimate of drug-likeness (QED) is 0.313. The van der Waals surface area contributed by atoms with Crippen LogP contribution in [0.1, 0.15) is 27.8 Å². The van der Waals surface area contributed by atoms with Gasteiger partial charge in [-0.25, -0.2) is 9.67 Å². The van der Waals surface area contributed by atoms with Gasteiger partial charge in [0, 0.05) is 18.2 Å². The number of carbonyl (C=O) groups excluding carboxylic acids is 2. The lowest BCUT2D eigenvalue weighted by Gasteiger charge is -2.11. The fraction of sp³-hybridized carbons (Fsp3) is 0.120. The van der Waals surface area contributed by atoms with Crippen molar-refractivity contribution in [2.75, 3.05) is 17.6 Å². The van der Waals surface area contributed by atoms with Gasteiger partial charge in [0.15, 0.2) is 5.69 Å². The number of nitrogen functional groups attached to an aromatic ring is 1. The molecule has 1 atom stereocenters. The molecule has 0 spiro atoms. The Morgan fingerprint density at radius 3 is 2.54 bits per heavy atom. The number of benzene rings is 2. The van der Waals surface area contributed by atoms with E-state index in [0.717, 1.165) is 0 Å². The number of nitrogens with one attached hydrogen (secondary N) is 2. The molecule has 0 saturated heterocycles. The van der Waals surface area contributed by atoms with Crippen molar-refractivity contribution in [3.63, 3.8) is 0 Å². The van der Waals surface area contributed by atoms with Gasteiger partial charge in [-0.15, -0.1) is 0 Å². The molecule has 178 valence electrons. The zero-order valence-corrected chi connectivity index (χ0v) is 19.5. The summed E-state index contributed by atoms with van der Waals surface area (Å²) in [7, 11) is 0. The third kappa shape index (κ3) is 5.65. The van der Waals surface area contributed by atoms with Gasteiger partial charge < -0.3 is 21.5 Å². The van der Waals surface area contributed by atoms with E-state index >= 15 is 0 Å². The van der Waals surface area contributed by atoms with Gasteiger partial charge >= 0.3 is 0 Å². The number of carbonyl (C=O) groups is 2. The van der Waals surface area contributed by atoms with E-state index in [4.69, 9.17) is 17.3 Å². The van der Waals surface area contributed by atoms with Crippen LogP contribution in [0.25, 0.3) is 16.9 Å². The Morgan fingerprint density at radius 2 is 1.83 bits per heavy atom. The average molecular weight is 491 g/mol. The zero-order valence-electron chi connectivity index (χ0n) is 18.8. The predicted octanol–water partition coefficient (Wildman–Crippen LogP) is 3.53. The number of aromatic nitrogens is 3. The van der Waals surface area contributed by atoms with Crippen LogP contribution in [0.2, 0.25) is 5.02 Å². The van der Waals surface area contributed by atoms with Gasteiger partial charge in [0.2, 0.25) is 0 Å². The molecule has 4 rings (SSSR count). The van der Waals surface area contributed by atoms with Crippen molar-refractivity contribution in [2.24, 2.45) is 0 Å². The number of nitrogens with zero attached hydrogens (tertiary/aromatic N) is 3. The van der Waals surface area contributed by atoms with Gasteiger partial charge in [0.1, 0.15) is 11.6 Å². The first-order valence-corrected chi connectivity index (χ1v) is 11.1. The molecule has 10 heteroatoms. The number of hydrogen-bond acceptors (Lipinski definition) is 6. The van der Waals surface area contributed by atoms with Gasteiger partial charge in [-0.2, -0.15) is 5.10 Å². The molecule has 0 aliphatic carbocycles. The molecule has 0 aliphatic rings. The lowest BCUT2D eigenvalue weighted by molar-refractivity contribution is 0.0918. The second kappa shape index (κ2) is 10.4. The van der Waals surface area contributed by atoms with Crippen molar-refractivity contribution < 1.29 is 14.7 Å². The molecule has 5 N–H and O–H groups in total. The number of aliphatic hydroxyl groups excluding tert-OH is 1. The van der Waals surface area contributed by atoms with Gasteiger partial charge in [0.25, 0.3) is 11.8 Å². The molecule has 0 radical (unpaired) electrons. The molecule has 35 heavy (non-hydrogen) atoms. The Labute approximate surface area is 206 Å². The monoisotopic (exact) mass is 490 g/mol. The van der Waals surface area contributed by atoms with Crippen molar-refractivity contribution in [2.45, 2.75) is 13.0 Å². The Morgan fingerprint density at radius 1 is 1.06 bits per heavy atom. The number of hydrogen-bond donors (Lipinski definition) is 4. The van der Waals surface area contributed by atoms with E-state index in [0.29, 0.717) is 22.8 Å². The summed E-state index contributed by atoms with van der Waals surface area (Å²) in [5.41, 5.74) is 7.99. The molecule has 0 unspecified atom stereocenters. The fourth-order valence-electron chi connectivity index (χ4n) is 3.33. The Bertz CT molecular complexity index is 1370. The Kier molecular flexibility index (Phi) is 7.09. The Hall–Kier alpha value is -4.21.